The summed E-state index contributed by atoms with van der Waals surface area (Å²) >= 11 is 1.42. The zero-order valence-corrected chi connectivity index (χ0v) is 18.5. The van der Waals surface area contributed by atoms with Crippen LogP contribution in [0.5, 0.6) is 17.2 Å². The Bertz CT molecular complexity index is 861. The van der Waals surface area contributed by atoms with E-state index in [1.165, 1.54) is 11.3 Å². The normalized spacial score (nSPS) is 14.4. The predicted molar refractivity (Wildman–Crippen MR) is 116 cm³/mol. The summed E-state index contributed by atoms with van der Waals surface area (Å²) in [6.45, 7) is 3.54. The molecule has 8 heteroatoms. The standard InChI is InChI=1S/C22H28N2O5S/c1-27-18-8-6-16(21(28-2)22(18)29-3)15-23-10-12-24(13-11-23)20(26)9-7-17(25)19-5-4-14-30-19/h4-6,8,14H,7,9-13,15H2,1-3H3. The van der Waals surface area contributed by atoms with Crippen molar-refractivity contribution in [2.45, 2.75) is 19.4 Å². The van der Waals surface area contributed by atoms with Gasteiger partial charge >= 0.3 is 0 Å². The molecule has 0 aliphatic carbocycles. The summed E-state index contributed by atoms with van der Waals surface area (Å²) < 4.78 is 16.4. The molecule has 30 heavy (non-hydrogen) atoms. The lowest BCUT2D eigenvalue weighted by atomic mass is 10.1. The zero-order valence-electron chi connectivity index (χ0n) is 17.7. The summed E-state index contributed by atoms with van der Waals surface area (Å²) in [5.41, 5.74) is 1.01. The van der Waals surface area contributed by atoms with Gasteiger partial charge in [-0.05, 0) is 17.5 Å². The number of amides is 1. The van der Waals surface area contributed by atoms with E-state index < -0.39 is 0 Å². The lowest BCUT2D eigenvalue weighted by Gasteiger charge is -2.35. The second kappa shape index (κ2) is 10.4. The van der Waals surface area contributed by atoms with Gasteiger partial charge in [0, 0.05) is 51.1 Å². The molecule has 1 aromatic carbocycles. The fourth-order valence-electron chi connectivity index (χ4n) is 3.62. The maximum Gasteiger partial charge on any atom is 0.223 e. The van der Waals surface area contributed by atoms with E-state index in [1.807, 2.05) is 28.5 Å². The molecule has 1 aliphatic rings. The first-order chi connectivity index (χ1) is 14.6. The van der Waals surface area contributed by atoms with Gasteiger partial charge in [-0.15, -0.1) is 11.3 Å². The summed E-state index contributed by atoms with van der Waals surface area (Å²) in [6, 6.07) is 7.51. The van der Waals surface area contributed by atoms with Crippen molar-refractivity contribution in [2.24, 2.45) is 0 Å². The minimum atomic E-state index is 0.0394. The Balaban J connectivity index is 1.52. The van der Waals surface area contributed by atoms with E-state index in [0.29, 0.717) is 36.9 Å². The first-order valence-electron chi connectivity index (χ1n) is 9.92. The van der Waals surface area contributed by atoms with Crippen LogP contribution in [0.25, 0.3) is 0 Å². The van der Waals surface area contributed by atoms with E-state index in [9.17, 15) is 9.59 Å². The largest absolute Gasteiger partial charge is 0.493 e. The average Bonchev–Trinajstić information content (AvgIpc) is 3.32. The summed E-state index contributed by atoms with van der Waals surface area (Å²) in [7, 11) is 4.81. The molecular weight excluding hydrogens is 404 g/mol. The minimum absolute atomic E-state index is 0.0394. The summed E-state index contributed by atoms with van der Waals surface area (Å²) in [4.78, 5) is 29.5. The number of benzene rings is 1. The van der Waals surface area contributed by atoms with E-state index in [0.717, 1.165) is 23.5 Å². The Kier molecular flexibility index (Phi) is 7.70. The van der Waals surface area contributed by atoms with E-state index in [4.69, 9.17) is 14.2 Å². The second-order valence-corrected chi connectivity index (χ2v) is 8.00. The highest BCUT2D eigenvalue weighted by Crippen LogP contribution is 2.40. The second-order valence-electron chi connectivity index (χ2n) is 7.05. The van der Waals surface area contributed by atoms with Crippen LogP contribution in [0.2, 0.25) is 0 Å². The van der Waals surface area contributed by atoms with Crippen molar-refractivity contribution in [3.63, 3.8) is 0 Å². The molecule has 1 aromatic heterocycles. The molecule has 7 nitrogen and oxygen atoms in total. The van der Waals surface area contributed by atoms with Crippen molar-refractivity contribution in [1.82, 2.24) is 9.80 Å². The Morgan fingerprint density at radius 3 is 2.27 bits per heavy atom. The van der Waals surface area contributed by atoms with Gasteiger partial charge in [0.05, 0.1) is 26.2 Å². The summed E-state index contributed by atoms with van der Waals surface area (Å²) in [5, 5.41) is 1.88. The molecule has 2 aromatic rings. The summed E-state index contributed by atoms with van der Waals surface area (Å²) in [5.74, 6) is 1.97. The predicted octanol–water partition coefficient (Wildman–Crippen LogP) is 3.08. The number of ketones is 1. The van der Waals surface area contributed by atoms with Crippen LogP contribution in [0.15, 0.2) is 29.6 Å². The third kappa shape index (κ3) is 5.12. The third-order valence-corrected chi connectivity index (χ3v) is 6.18. The van der Waals surface area contributed by atoms with Gasteiger partial charge in [-0.2, -0.15) is 0 Å². The van der Waals surface area contributed by atoms with Crippen LogP contribution in [0.3, 0.4) is 0 Å². The molecule has 0 atom stereocenters. The van der Waals surface area contributed by atoms with E-state index in [-0.39, 0.29) is 24.5 Å². The van der Waals surface area contributed by atoms with Gasteiger partial charge in [0.15, 0.2) is 17.3 Å². The number of carbonyl (C=O) groups excluding carboxylic acids is 2. The van der Waals surface area contributed by atoms with Crippen LogP contribution in [0.4, 0.5) is 0 Å². The lowest BCUT2D eigenvalue weighted by Crippen LogP contribution is -2.48. The van der Waals surface area contributed by atoms with Gasteiger partial charge in [-0.3, -0.25) is 14.5 Å². The van der Waals surface area contributed by atoms with Gasteiger partial charge < -0.3 is 19.1 Å². The van der Waals surface area contributed by atoms with Crippen LogP contribution in [0.1, 0.15) is 28.1 Å². The van der Waals surface area contributed by atoms with Crippen molar-refractivity contribution in [1.29, 1.82) is 0 Å². The highest BCUT2D eigenvalue weighted by atomic mass is 32.1. The maximum atomic E-state index is 12.5. The van der Waals surface area contributed by atoms with Crippen molar-refractivity contribution in [3.05, 3.63) is 40.1 Å². The first-order valence-corrected chi connectivity index (χ1v) is 10.8. The maximum absolute atomic E-state index is 12.5. The molecular formula is C22H28N2O5S. The minimum Gasteiger partial charge on any atom is -0.493 e. The quantitative estimate of drug-likeness (QED) is 0.568. The number of hydrogen-bond acceptors (Lipinski definition) is 7. The fraction of sp³-hybridized carbons (Fsp3) is 0.455. The molecule has 3 rings (SSSR count). The molecule has 0 unspecified atom stereocenters. The summed E-state index contributed by atoms with van der Waals surface area (Å²) in [6.07, 6.45) is 0.530. The monoisotopic (exact) mass is 432 g/mol. The smallest absolute Gasteiger partial charge is 0.223 e. The highest BCUT2D eigenvalue weighted by molar-refractivity contribution is 7.12. The molecule has 2 heterocycles. The Hall–Kier alpha value is -2.58. The van der Waals surface area contributed by atoms with Gasteiger partial charge in [0.25, 0.3) is 0 Å². The zero-order chi connectivity index (χ0) is 21.5. The van der Waals surface area contributed by atoms with E-state index in [1.54, 1.807) is 27.4 Å². The highest BCUT2D eigenvalue weighted by Gasteiger charge is 2.24. The number of carbonyl (C=O) groups is 2. The SMILES string of the molecule is COc1ccc(CN2CCN(C(=O)CCC(=O)c3cccs3)CC2)c(OC)c1OC. The number of piperazine rings is 1. The van der Waals surface area contributed by atoms with Crippen LogP contribution >= 0.6 is 11.3 Å². The van der Waals surface area contributed by atoms with Gasteiger partial charge in [0.2, 0.25) is 11.7 Å². The van der Waals surface area contributed by atoms with Crippen LogP contribution < -0.4 is 14.2 Å². The molecule has 0 spiro atoms. The van der Waals surface area contributed by atoms with Crippen molar-refractivity contribution in [2.75, 3.05) is 47.5 Å². The third-order valence-electron chi connectivity index (χ3n) is 5.27. The first kappa shape index (κ1) is 22.1. The Morgan fingerprint density at radius 2 is 1.67 bits per heavy atom. The Morgan fingerprint density at radius 1 is 0.933 bits per heavy atom. The molecule has 1 saturated heterocycles. The molecule has 0 bridgehead atoms. The van der Waals surface area contributed by atoms with Crippen LogP contribution in [-0.4, -0.2) is 69.0 Å². The lowest BCUT2D eigenvalue weighted by molar-refractivity contribution is -0.133. The number of Topliss-reactive ketones (excluding diaryl/α,β-unsaturated/α-hetero) is 1. The number of rotatable bonds is 9. The Labute approximate surface area is 181 Å². The molecule has 1 aliphatic heterocycles. The van der Waals surface area contributed by atoms with Gasteiger partial charge in [-0.1, -0.05) is 12.1 Å². The van der Waals surface area contributed by atoms with E-state index in [2.05, 4.69) is 4.90 Å². The van der Waals surface area contributed by atoms with Crippen molar-refractivity contribution < 1.29 is 23.8 Å². The number of hydrogen-bond donors (Lipinski definition) is 0. The van der Waals surface area contributed by atoms with Gasteiger partial charge in [0.1, 0.15) is 0 Å². The molecule has 0 radical (unpaired) electrons. The average molecular weight is 433 g/mol. The number of nitrogens with zero attached hydrogens (tertiary/aromatic N) is 2. The van der Waals surface area contributed by atoms with Crippen LogP contribution in [0, 0.1) is 0 Å². The van der Waals surface area contributed by atoms with Gasteiger partial charge in [-0.25, -0.2) is 0 Å². The fourth-order valence-corrected chi connectivity index (χ4v) is 4.32. The van der Waals surface area contributed by atoms with Crippen molar-refractivity contribution in [3.8, 4) is 17.2 Å². The van der Waals surface area contributed by atoms with Crippen LogP contribution in [-0.2, 0) is 11.3 Å². The molecule has 1 amide bonds. The van der Waals surface area contributed by atoms with E-state index >= 15 is 0 Å². The van der Waals surface area contributed by atoms with Crippen molar-refractivity contribution >= 4 is 23.0 Å². The number of thiophene rings is 1. The topological polar surface area (TPSA) is 68.3 Å². The molecule has 0 saturated carbocycles. The molecule has 1 fully saturated rings. The number of methoxy groups -OCH3 is 3. The molecule has 0 N–H and O–H groups in total. The number of ether oxygens (including phenoxy) is 3. The molecule has 162 valence electrons.